The fourth-order valence-electron chi connectivity index (χ4n) is 2.97. The summed E-state index contributed by atoms with van der Waals surface area (Å²) < 4.78 is 5.45. The topological polar surface area (TPSA) is 84.0 Å². The lowest BCUT2D eigenvalue weighted by Gasteiger charge is -2.34. The molecular formula is C16H23N5O. The lowest BCUT2D eigenvalue weighted by molar-refractivity contribution is 0.307. The Hall–Kier alpha value is -2.24. The van der Waals surface area contributed by atoms with Crippen molar-refractivity contribution < 1.29 is 4.74 Å². The quantitative estimate of drug-likeness (QED) is 0.800. The van der Waals surface area contributed by atoms with Crippen LogP contribution in [0.3, 0.4) is 0 Å². The fraction of sp³-hybridized carbons (Fsp3) is 0.500. The second-order valence-electron chi connectivity index (χ2n) is 5.71. The zero-order valence-corrected chi connectivity index (χ0v) is 12.9. The van der Waals surface area contributed by atoms with Crippen LogP contribution < -0.4 is 21.1 Å². The van der Waals surface area contributed by atoms with Gasteiger partial charge >= 0.3 is 0 Å². The molecule has 22 heavy (non-hydrogen) atoms. The molecule has 1 saturated carbocycles. The molecule has 0 atom stereocenters. The molecule has 0 saturated heterocycles. The van der Waals surface area contributed by atoms with Gasteiger partial charge in [0.1, 0.15) is 5.75 Å². The number of anilines is 1. The first-order chi connectivity index (χ1) is 10.7. The molecule has 0 bridgehead atoms. The zero-order chi connectivity index (χ0) is 15.4. The molecule has 1 aromatic carbocycles. The molecule has 118 valence electrons. The lowest BCUT2D eigenvalue weighted by Crippen LogP contribution is -2.49. The van der Waals surface area contributed by atoms with Crippen LogP contribution >= 0.6 is 0 Å². The van der Waals surface area contributed by atoms with Crippen molar-refractivity contribution in [2.24, 2.45) is 15.7 Å². The van der Waals surface area contributed by atoms with Gasteiger partial charge in [0.15, 0.2) is 11.6 Å². The molecule has 3 rings (SSSR count). The van der Waals surface area contributed by atoms with Crippen molar-refractivity contribution in [2.75, 3.05) is 11.9 Å². The predicted molar refractivity (Wildman–Crippen MR) is 89.2 cm³/mol. The SMILES string of the molecule is CCOc1ccc(NC2=NC3(CCCCC3)N=C(N)N2)cc1. The summed E-state index contributed by atoms with van der Waals surface area (Å²) in [6.45, 7) is 2.63. The van der Waals surface area contributed by atoms with Crippen molar-refractivity contribution in [3.8, 4) is 5.75 Å². The van der Waals surface area contributed by atoms with E-state index in [-0.39, 0.29) is 5.66 Å². The molecule has 1 fully saturated rings. The second kappa shape index (κ2) is 6.25. The van der Waals surface area contributed by atoms with Crippen LogP contribution in [0.1, 0.15) is 39.0 Å². The van der Waals surface area contributed by atoms with E-state index in [4.69, 9.17) is 15.5 Å². The first-order valence-corrected chi connectivity index (χ1v) is 7.91. The maximum absolute atomic E-state index is 5.95. The Morgan fingerprint density at radius 1 is 1.18 bits per heavy atom. The number of ether oxygens (including phenoxy) is 1. The number of rotatable bonds is 3. The Labute approximate surface area is 130 Å². The highest BCUT2D eigenvalue weighted by Gasteiger charge is 2.34. The summed E-state index contributed by atoms with van der Waals surface area (Å²) >= 11 is 0. The Kier molecular flexibility index (Phi) is 4.18. The van der Waals surface area contributed by atoms with Crippen molar-refractivity contribution in [1.29, 1.82) is 0 Å². The highest BCUT2D eigenvalue weighted by atomic mass is 16.5. The number of hydrogen-bond donors (Lipinski definition) is 3. The molecule has 1 spiro atoms. The third kappa shape index (κ3) is 3.32. The average Bonchev–Trinajstić information content (AvgIpc) is 2.49. The first-order valence-electron chi connectivity index (χ1n) is 7.91. The van der Waals surface area contributed by atoms with E-state index in [1.54, 1.807) is 0 Å². The van der Waals surface area contributed by atoms with Crippen LogP contribution in [0.5, 0.6) is 5.75 Å². The summed E-state index contributed by atoms with van der Waals surface area (Å²) in [6, 6.07) is 7.79. The average molecular weight is 301 g/mol. The number of nitrogens with zero attached hydrogens (tertiary/aromatic N) is 2. The molecule has 0 radical (unpaired) electrons. The van der Waals surface area contributed by atoms with Crippen LogP contribution in [0.4, 0.5) is 5.69 Å². The molecule has 2 aliphatic rings. The summed E-state index contributed by atoms with van der Waals surface area (Å²) in [4.78, 5) is 9.31. The predicted octanol–water partition coefficient (Wildman–Crippen LogP) is 2.43. The van der Waals surface area contributed by atoms with Crippen molar-refractivity contribution in [3.63, 3.8) is 0 Å². The number of nitrogens with two attached hydrogens (primary N) is 1. The van der Waals surface area contributed by atoms with Gasteiger partial charge in [-0.2, -0.15) is 0 Å². The van der Waals surface area contributed by atoms with Gasteiger partial charge in [0.05, 0.1) is 6.61 Å². The van der Waals surface area contributed by atoms with E-state index in [0.717, 1.165) is 37.1 Å². The van der Waals surface area contributed by atoms with Crippen molar-refractivity contribution in [1.82, 2.24) is 5.32 Å². The summed E-state index contributed by atoms with van der Waals surface area (Å²) in [5.74, 6) is 1.96. The Morgan fingerprint density at radius 2 is 1.91 bits per heavy atom. The van der Waals surface area contributed by atoms with E-state index in [1.165, 1.54) is 6.42 Å². The van der Waals surface area contributed by atoms with Crippen LogP contribution in [0.2, 0.25) is 0 Å². The Morgan fingerprint density at radius 3 is 2.59 bits per heavy atom. The highest BCUT2D eigenvalue weighted by molar-refractivity contribution is 6.06. The van der Waals surface area contributed by atoms with E-state index in [2.05, 4.69) is 15.6 Å². The van der Waals surface area contributed by atoms with Crippen LogP contribution in [-0.4, -0.2) is 24.2 Å². The summed E-state index contributed by atoms with van der Waals surface area (Å²) in [5, 5.41) is 6.29. The lowest BCUT2D eigenvalue weighted by atomic mass is 9.90. The molecule has 1 aliphatic carbocycles. The normalized spacial score (nSPS) is 19.9. The molecule has 4 N–H and O–H groups in total. The van der Waals surface area contributed by atoms with Gasteiger partial charge in [-0.3, -0.25) is 5.32 Å². The maximum atomic E-state index is 5.95. The van der Waals surface area contributed by atoms with Crippen molar-refractivity contribution in [3.05, 3.63) is 24.3 Å². The highest BCUT2D eigenvalue weighted by Crippen LogP contribution is 2.34. The van der Waals surface area contributed by atoms with Gasteiger partial charge in [-0.25, -0.2) is 9.98 Å². The van der Waals surface area contributed by atoms with Gasteiger partial charge in [0, 0.05) is 5.69 Å². The molecule has 0 unspecified atom stereocenters. The molecule has 1 aliphatic heterocycles. The molecule has 0 aromatic heterocycles. The van der Waals surface area contributed by atoms with E-state index >= 15 is 0 Å². The van der Waals surface area contributed by atoms with E-state index in [1.807, 2.05) is 31.2 Å². The standard InChI is InChI=1S/C16H23N5O/c1-2-22-13-8-6-12(7-9-13)18-15-19-14(17)20-16(21-15)10-4-3-5-11-16/h6-9H,2-5,10-11H2,1H3,(H4,17,18,19,20,21). The van der Waals surface area contributed by atoms with E-state index in [0.29, 0.717) is 18.5 Å². The summed E-state index contributed by atoms with van der Waals surface area (Å²) in [7, 11) is 0. The number of benzene rings is 1. The monoisotopic (exact) mass is 301 g/mol. The summed E-state index contributed by atoms with van der Waals surface area (Å²) in [6.07, 6.45) is 5.47. The van der Waals surface area contributed by atoms with E-state index in [9.17, 15) is 0 Å². The number of hydrogen-bond acceptors (Lipinski definition) is 6. The fourth-order valence-corrected chi connectivity index (χ4v) is 2.97. The first kappa shape index (κ1) is 14.7. The Bertz CT molecular complexity index is 573. The molecule has 1 aromatic rings. The van der Waals surface area contributed by atoms with Crippen LogP contribution in [0.15, 0.2) is 34.3 Å². The largest absolute Gasteiger partial charge is 0.494 e. The number of nitrogens with one attached hydrogen (secondary N) is 2. The van der Waals surface area contributed by atoms with Crippen molar-refractivity contribution >= 4 is 17.6 Å². The van der Waals surface area contributed by atoms with Crippen LogP contribution in [-0.2, 0) is 0 Å². The Balaban J connectivity index is 1.73. The maximum Gasteiger partial charge on any atom is 0.205 e. The third-order valence-corrected chi connectivity index (χ3v) is 3.98. The van der Waals surface area contributed by atoms with Crippen LogP contribution in [0.25, 0.3) is 0 Å². The molecule has 6 heteroatoms. The minimum absolute atomic E-state index is 0.374. The van der Waals surface area contributed by atoms with E-state index < -0.39 is 0 Å². The van der Waals surface area contributed by atoms with Gasteiger partial charge < -0.3 is 15.8 Å². The second-order valence-corrected chi connectivity index (χ2v) is 5.71. The van der Waals surface area contributed by atoms with Gasteiger partial charge in [-0.1, -0.05) is 6.42 Å². The smallest absolute Gasteiger partial charge is 0.205 e. The molecule has 0 amide bonds. The zero-order valence-electron chi connectivity index (χ0n) is 12.9. The minimum atomic E-state index is -0.374. The molecular weight excluding hydrogens is 278 g/mol. The van der Waals surface area contributed by atoms with Crippen LogP contribution in [0, 0.1) is 0 Å². The minimum Gasteiger partial charge on any atom is -0.494 e. The van der Waals surface area contributed by atoms with Crippen molar-refractivity contribution in [2.45, 2.75) is 44.7 Å². The van der Waals surface area contributed by atoms with Gasteiger partial charge in [-0.05, 0) is 56.9 Å². The third-order valence-electron chi connectivity index (χ3n) is 3.98. The molecule has 6 nitrogen and oxygen atoms in total. The molecule has 1 heterocycles. The van der Waals surface area contributed by atoms with Gasteiger partial charge in [-0.15, -0.1) is 0 Å². The number of guanidine groups is 2. The van der Waals surface area contributed by atoms with Gasteiger partial charge in [0.25, 0.3) is 0 Å². The number of aliphatic imine (C=N–C) groups is 2. The van der Waals surface area contributed by atoms with Gasteiger partial charge in [0.2, 0.25) is 5.96 Å². The summed E-state index contributed by atoms with van der Waals surface area (Å²) in [5.41, 5.74) is 6.51.